The van der Waals surface area contributed by atoms with Gasteiger partial charge < -0.3 is 14.2 Å². The lowest BCUT2D eigenvalue weighted by atomic mass is 10.1. The fourth-order valence-electron chi connectivity index (χ4n) is 3.68. The Morgan fingerprint density at radius 2 is 2.08 bits per heavy atom. The van der Waals surface area contributed by atoms with E-state index in [1.54, 1.807) is 17.2 Å². The van der Waals surface area contributed by atoms with Gasteiger partial charge in [0.25, 0.3) is 5.91 Å². The number of nitrogens with zero attached hydrogens (tertiary/aromatic N) is 5. The fraction of sp³-hybridized carbons (Fsp3) is 0.500. The van der Waals surface area contributed by atoms with Crippen LogP contribution in [-0.2, 0) is 17.8 Å². The number of morpholine rings is 1. The monoisotopic (exact) mass is 359 g/mol. The maximum absolute atomic E-state index is 13.4. The summed E-state index contributed by atoms with van der Waals surface area (Å²) in [6.45, 7) is 6.09. The number of halogens is 1. The first-order chi connectivity index (χ1) is 12.7. The Kier molecular flexibility index (Phi) is 4.94. The molecular formula is C18H22FN5O2. The number of carbonyl (C=O) groups is 1. The maximum atomic E-state index is 13.4. The minimum atomic E-state index is -0.642. The zero-order valence-corrected chi connectivity index (χ0v) is 14.6. The summed E-state index contributed by atoms with van der Waals surface area (Å²) >= 11 is 0. The molecular weight excluding hydrogens is 337 g/mol. The van der Waals surface area contributed by atoms with Crippen molar-refractivity contribution in [1.29, 1.82) is 0 Å². The van der Waals surface area contributed by atoms with Gasteiger partial charge in [0.05, 0.1) is 19.8 Å². The second kappa shape index (κ2) is 7.51. The Morgan fingerprint density at radius 1 is 1.23 bits per heavy atom. The normalized spacial score (nSPS) is 21.3. The van der Waals surface area contributed by atoms with Crippen molar-refractivity contribution in [1.82, 2.24) is 24.3 Å². The van der Waals surface area contributed by atoms with Crippen LogP contribution in [-0.4, -0.2) is 69.6 Å². The van der Waals surface area contributed by atoms with Gasteiger partial charge in [0.15, 0.2) is 0 Å². The SMILES string of the molecule is O=C(c1ccnc(F)c1)N1Cc2nccn2C[C@H](CN2CCOCC2)C1. The Balaban J connectivity index is 1.54. The molecule has 7 nitrogen and oxygen atoms in total. The number of aromatic nitrogens is 3. The van der Waals surface area contributed by atoms with E-state index in [-0.39, 0.29) is 11.8 Å². The molecule has 0 bridgehead atoms. The molecule has 1 saturated heterocycles. The molecule has 0 N–H and O–H groups in total. The molecule has 4 heterocycles. The van der Waals surface area contributed by atoms with Crippen LogP contribution in [0.15, 0.2) is 30.7 Å². The first-order valence-corrected chi connectivity index (χ1v) is 8.90. The van der Waals surface area contributed by atoms with E-state index < -0.39 is 5.95 Å². The zero-order chi connectivity index (χ0) is 17.9. The predicted octanol–water partition coefficient (Wildman–Crippen LogP) is 1.02. The number of fused-ring (bicyclic) bond motifs is 1. The van der Waals surface area contributed by atoms with E-state index in [0.29, 0.717) is 18.7 Å². The summed E-state index contributed by atoms with van der Waals surface area (Å²) in [5.74, 6) is 0.309. The van der Waals surface area contributed by atoms with Gasteiger partial charge in [-0.05, 0) is 6.07 Å². The van der Waals surface area contributed by atoms with Gasteiger partial charge in [-0.2, -0.15) is 4.39 Å². The van der Waals surface area contributed by atoms with Crippen LogP contribution < -0.4 is 0 Å². The number of ether oxygens (including phenoxy) is 1. The quantitative estimate of drug-likeness (QED) is 0.766. The average Bonchev–Trinajstić information content (AvgIpc) is 3.00. The molecule has 1 amide bonds. The highest BCUT2D eigenvalue weighted by Crippen LogP contribution is 2.19. The molecule has 26 heavy (non-hydrogen) atoms. The number of hydrogen-bond acceptors (Lipinski definition) is 5. The molecule has 1 atom stereocenters. The number of rotatable bonds is 3. The third-order valence-corrected chi connectivity index (χ3v) is 4.95. The maximum Gasteiger partial charge on any atom is 0.254 e. The zero-order valence-electron chi connectivity index (χ0n) is 14.6. The molecule has 0 saturated carbocycles. The smallest absolute Gasteiger partial charge is 0.254 e. The van der Waals surface area contributed by atoms with Crippen molar-refractivity contribution < 1.29 is 13.9 Å². The summed E-state index contributed by atoms with van der Waals surface area (Å²) in [6, 6.07) is 2.75. The molecule has 0 aliphatic carbocycles. The summed E-state index contributed by atoms with van der Waals surface area (Å²) in [7, 11) is 0. The van der Waals surface area contributed by atoms with Gasteiger partial charge >= 0.3 is 0 Å². The predicted molar refractivity (Wildman–Crippen MR) is 91.9 cm³/mol. The molecule has 2 aliphatic heterocycles. The Hall–Kier alpha value is -2.32. The number of amides is 1. The van der Waals surface area contributed by atoms with E-state index in [1.165, 1.54) is 12.3 Å². The number of pyridine rings is 1. The van der Waals surface area contributed by atoms with Crippen LogP contribution in [0.4, 0.5) is 4.39 Å². The van der Waals surface area contributed by atoms with Crippen LogP contribution in [0.5, 0.6) is 0 Å². The summed E-state index contributed by atoms with van der Waals surface area (Å²) in [6.07, 6.45) is 5.05. The van der Waals surface area contributed by atoms with Crippen molar-refractivity contribution in [2.24, 2.45) is 5.92 Å². The molecule has 2 aliphatic rings. The fourth-order valence-corrected chi connectivity index (χ4v) is 3.68. The lowest BCUT2D eigenvalue weighted by molar-refractivity contribution is 0.0263. The van der Waals surface area contributed by atoms with Crippen molar-refractivity contribution >= 4 is 5.91 Å². The molecule has 0 spiro atoms. The highest BCUT2D eigenvalue weighted by atomic mass is 19.1. The summed E-state index contributed by atoms with van der Waals surface area (Å²) in [4.78, 5) is 25.0. The third kappa shape index (κ3) is 3.76. The van der Waals surface area contributed by atoms with E-state index >= 15 is 0 Å². The Bertz CT molecular complexity index is 774. The van der Waals surface area contributed by atoms with E-state index in [9.17, 15) is 9.18 Å². The van der Waals surface area contributed by atoms with Crippen molar-refractivity contribution in [3.05, 3.63) is 48.1 Å². The largest absolute Gasteiger partial charge is 0.379 e. The number of imidazole rings is 1. The minimum Gasteiger partial charge on any atom is -0.379 e. The van der Waals surface area contributed by atoms with E-state index in [1.807, 2.05) is 6.20 Å². The van der Waals surface area contributed by atoms with Crippen molar-refractivity contribution in [3.63, 3.8) is 0 Å². The van der Waals surface area contributed by atoms with Gasteiger partial charge in [0, 0.05) is 68.9 Å². The van der Waals surface area contributed by atoms with Crippen LogP contribution in [0.2, 0.25) is 0 Å². The number of carbonyl (C=O) groups excluding carboxylic acids is 1. The molecule has 1 fully saturated rings. The topological polar surface area (TPSA) is 63.5 Å². The molecule has 0 unspecified atom stereocenters. The van der Waals surface area contributed by atoms with Gasteiger partial charge in [-0.3, -0.25) is 9.69 Å². The van der Waals surface area contributed by atoms with Crippen molar-refractivity contribution in [3.8, 4) is 0 Å². The van der Waals surface area contributed by atoms with Gasteiger partial charge in [-0.1, -0.05) is 0 Å². The lowest BCUT2D eigenvalue weighted by Crippen LogP contribution is -2.43. The Labute approximate surface area is 151 Å². The summed E-state index contributed by atoms with van der Waals surface area (Å²) in [5.41, 5.74) is 0.322. The molecule has 0 radical (unpaired) electrons. The lowest BCUT2D eigenvalue weighted by Gasteiger charge is -2.31. The first-order valence-electron chi connectivity index (χ1n) is 8.90. The summed E-state index contributed by atoms with van der Waals surface area (Å²) < 4.78 is 21.0. The number of hydrogen-bond donors (Lipinski definition) is 0. The van der Waals surface area contributed by atoms with Gasteiger partial charge in [0.2, 0.25) is 5.95 Å². The molecule has 2 aromatic heterocycles. The molecule has 138 valence electrons. The van der Waals surface area contributed by atoms with Crippen molar-refractivity contribution in [2.75, 3.05) is 39.4 Å². The van der Waals surface area contributed by atoms with E-state index in [4.69, 9.17) is 4.74 Å². The molecule has 8 heteroatoms. The van der Waals surface area contributed by atoms with Crippen molar-refractivity contribution in [2.45, 2.75) is 13.1 Å². The second-order valence-corrected chi connectivity index (χ2v) is 6.83. The molecule has 4 rings (SSSR count). The summed E-state index contributed by atoms with van der Waals surface area (Å²) in [5, 5.41) is 0. The van der Waals surface area contributed by atoms with Crippen LogP contribution >= 0.6 is 0 Å². The van der Waals surface area contributed by atoms with Gasteiger partial charge in [-0.25, -0.2) is 9.97 Å². The highest BCUT2D eigenvalue weighted by molar-refractivity contribution is 5.94. The van der Waals surface area contributed by atoms with E-state index in [0.717, 1.165) is 45.2 Å². The first kappa shape index (κ1) is 17.1. The standard InChI is InChI=1S/C18H22FN5O2/c19-16-9-15(1-2-20-16)18(25)24-12-14(10-22-5-7-26-8-6-22)11-23-4-3-21-17(23)13-24/h1-4,9,14H,5-8,10-13H2/t14-/m0/s1. The van der Waals surface area contributed by atoms with E-state index in [2.05, 4.69) is 19.4 Å². The average molecular weight is 359 g/mol. The Morgan fingerprint density at radius 3 is 2.88 bits per heavy atom. The second-order valence-electron chi connectivity index (χ2n) is 6.83. The molecule has 0 aromatic carbocycles. The van der Waals surface area contributed by atoms with Crippen LogP contribution in [0.25, 0.3) is 0 Å². The van der Waals surface area contributed by atoms with Gasteiger partial charge in [-0.15, -0.1) is 0 Å². The van der Waals surface area contributed by atoms with Gasteiger partial charge in [0.1, 0.15) is 5.82 Å². The van der Waals surface area contributed by atoms with Crippen LogP contribution in [0.1, 0.15) is 16.2 Å². The molecule has 2 aromatic rings. The third-order valence-electron chi connectivity index (χ3n) is 4.95. The highest BCUT2D eigenvalue weighted by Gasteiger charge is 2.28. The minimum absolute atomic E-state index is 0.185. The van der Waals surface area contributed by atoms with Crippen LogP contribution in [0, 0.1) is 11.9 Å². The van der Waals surface area contributed by atoms with Crippen LogP contribution in [0.3, 0.4) is 0 Å².